The Labute approximate surface area is 169 Å². The van der Waals surface area contributed by atoms with E-state index in [0.717, 1.165) is 42.5 Å². The van der Waals surface area contributed by atoms with E-state index in [1.54, 1.807) is 19.9 Å². The molecule has 28 heavy (non-hydrogen) atoms. The minimum atomic E-state index is -0.967. The highest BCUT2D eigenvalue weighted by Gasteiger charge is 2.35. The van der Waals surface area contributed by atoms with Crippen LogP contribution in [0.25, 0.3) is 0 Å². The number of anilines is 1. The number of rotatable bonds is 5. The first-order valence-corrected chi connectivity index (χ1v) is 10.7. The number of carboxylic acids is 1. The minimum Gasteiger partial charge on any atom is -0.481 e. The van der Waals surface area contributed by atoms with Gasteiger partial charge in [-0.05, 0) is 57.9 Å². The van der Waals surface area contributed by atoms with E-state index in [4.69, 9.17) is 4.74 Å². The molecule has 2 N–H and O–H groups in total. The number of hydrogen-bond donors (Lipinski definition) is 2. The van der Waals surface area contributed by atoms with Gasteiger partial charge in [-0.3, -0.25) is 9.59 Å². The number of allylic oxidation sites excluding steroid dienone is 2. The molecule has 1 amide bonds. The van der Waals surface area contributed by atoms with Crippen LogP contribution in [0.15, 0.2) is 12.2 Å². The van der Waals surface area contributed by atoms with E-state index in [-0.39, 0.29) is 12.0 Å². The van der Waals surface area contributed by atoms with Crippen molar-refractivity contribution in [2.45, 2.75) is 64.9 Å². The summed E-state index contributed by atoms with van der Waals surface area (Å²) in [6.07, 6.45) is 9.02. The van der Waals surface area contributed by atoms with Crippen molar-refractivity contribution in [2.75, 3.05) is 5.32 Å². The first-order valence-electron chi connectivity index (χ1n) is 9.92. The Bertz CT molecular complexity index is 795. The lowest BCUT2D eigenvalue weighted by Crippen LogP contribution is -2.34. The van der Waals surface area contributed by atoms with Crippen LogP contribution in [0.4, 0.5) is 5.00 Å². The fourth-order valence-corrected chi connectivity index (χ4v) is 5.18. The van der Waals surface area contributed by atoms with Crippen LogP contribution in [0.3, 0.4) is 0 Å². The summed E-state index contributed by atoms with van der Waals surface area (Å²) in [4.78, 5) is 38.3. The van der Waals surface area contributed by atoms with Crippen molar-refractivity contribution in [1.29, 1.82) is 0 Å². The summed E-state index contributed by atoms with van der Waals surface area (Å²) in [5.74, 6) is -3.10. The van der Waals surface area contributed by atoms with Gasteiger partial charge in [-0.25, -0.2) is 4.79 Å². The molecule has 1 aromatic heterocycles. The fourth-order valence-electron chi connectivity index (χ4n) is 3.90. The van der Waals surface area contributed by atoms with Gasteiger partial charge in [0.25, 0.3) is 0 Å². The molecule has 0 aromatic carbocycles. The van der Waals surface area contributed by atoms with Crippen LogP contribution in [0.2, 0.25) is 0 Å². The van der Waals surface area contributed by atoms with Crippen molar-refractivity contribution in [1.82, 2.24) is 0 Å². The molecule has 0 fully saturated rings. The zero-order chi connectivity index (χ0) is 20.3. The predicted octanol–water partition coefficient (Wildman–Crippen LogP) is 4.19. The molecule has 0 bridgehead atoms. The molecular formula is C21H27NO5S. The SMILES string of the molecule is CC(C)OC(=O)c1c(NC(=O)[C@@H]2CC=CC[C@H]2C(=O)O)sc2c1CCCCC2. The van der Waals surface area contributed by atoms with Gasteiger partial charge in [0.1, 0.15) is 5.00 Å². The molecule has 0 unspecified atom stereocenters. The van der Waals surface area contributed by atoms with E-state index in [1.807, 2.05) is 6.08 Å². The quantitative estimate of drug-likeness (QED) is 0.435. The van der Waals surface area contributed by atoms with Gasteiger partial charge in [0, 0.05) is 4.88 Å². The van der Waals surface area contributed by atoms with Gasteiger partial charge in [0.05, 0.1) is 23.5 Å². The van der Waals surface area contributed by atoms with Gasteiger partial charge in [-0.2, -0.15) is 0 Å². The zero-order valence-corrected chi connectivity index (χ0v) is 17.1. The zero-order valence-electron chi connectivity index (χ0n) is 16.3. The van der Waals surface area contributed by atoms with Crippen LogP contribution >= 0.6 is 11.3 Å². The van der Waals surface area contributed by atoms with Crippen LogP contribution in [0.1, 0.15) is 66.8 Å². The normalized spacial score (nSPS) is 21.7. The van der Waals surface area contributed by atoms with Crippen LogP contribution in [0.5, 0.6) is 0 Å². The lowest BCUT2D eigenvalue weighted by Gasteiger charge is -2.24. The van der Waals surface area contributed by atoms with Crippen LogP contribution in [-0.2, 0) is 27.2 Å². The second kappa shape index (κ2) is 8.90. The largest absolute Gasteiger partial charge is 0.481 e. The van der Waals surface area contributed by atoms with E-state index in [1.165, 1.54) is 11.3 Å². The number of aliphatic carboxylic acids is 1. The number of aryl methyl sites for hydroxylation is 1. The Hall–Kier alpha value is -2.15. The molecule has 0 radical (unpaired) electrons. The van der Waals surface area contributed by atoms with Crippen molar-refractivity contribution in [3.8, 4) is 0 Å². The fraction of sp³-hybridized carbons (Fsp3) is 0.571. The van der Waals surface area contributed by atoms with E-state index in [2.05, 4.69) is 5.32 Å². The van der Waals surface area contributed by atoms with Gasteiger partial charge >= 0.3 is 11.9 Å². The van der Waals surface area contributed by atoms with Crippen LogP contribution < -0.4 is 5.32 Å². The topological polar surface area (TPSA) is 92.7 Å². The third kappa shape index (κ3) is 4.46. The van der Waals surface area contributed by atoms with Gasteiger partial charge in [-0.15, -0.1) is 11.3 Å². The molecule has 0 saturated carbocycles. The van der Waals surface area contributed by atoms with Crippen LogP contribution in [0, 0.1) is 11.8 Å². The van der Waals surface area contributed by atoms with Gasteiger partial charge in [0.2, 0.25) is 5.91 Å². The molecule has 0 spiro atoms. The van der Waals surface area contributed by atoms with E-state index >= 15 is 0 Å². The molecule has 0 aliphatic heterocycles. The maximum absolute atomic E-state index is 12.9. The summed E-state index contributed by atoms with van der Waals surface area (Å²) < 4.78 is 5.44. The number of nitrogens with one attached hydrogen (secondary N) is 1. The molecule has 0 saturated heterocycles. The summed E-state index contributed by atoms with van der Waals surface area (Å²) in [5.41, 5.74) is 1.45. The minimum absolute atomic E-state index is 0.253. The molecule has 2 aliphatic carbocycles. The monoisotopic (exact) mass is 405 g/mol. The number of amides is 1. The number of carbonyl (C=O) groups excluding carboxylic acids is 2. The Kier molecular flexibility index (Phi) is 6.54. The predicted molar refractivity (Wildman–Crippen MR) is 108 cm³/mol. The summed E-state index contributed by atoms with van der Waals surface area (Å²) in [5, 5.41) is 12.8. The number of esters is 1. The van der Waals surface area contributed by atoms with Crippen molar-refractivity contribution in [3.05, 3.63) is 28.2 Å². The van der Waals surface area contributed by atoms with Crippen LogP contribution in [-0.4, -0.2) is 29.1 Å². The molecule has 1 aromatic rings. The molecule has 7 heteroatoms. The van der Waals surface area contributed by atoms with E-state index in [0.29, 0.717) is 23.4 Å². The Morgan fingerprint density at radius 2 is 1.79 bits per heavy atom. The first kappa shape index (κ1) is 20.6. The standard InChI is InChI=1S/C21H27NO5S/c1-12(2)27-21(26)17-15-10-4-3-5-11-16(15)28-19(17)22-18(23)13-8-6-7-9-14(13)20(24)25/h6-7,12-14H,3-5,8-11H2,1-2H3,(H,22,23)(H,24,25)/t13-,14-/m1/s1. The molecule has 152 valence electrons. The number of ether oxygens (including phenoxy) is 1. The molecule has 1 heterocycles. The highest BCUT2D eigenvalue weighted by molar-refractivity contribution is 7.17. The molecule has 2 aliphatic rings. The first-order chi connectivity index (χ1) is 13.4. The van der Waals surface area contributed by atoms with Gasteiger partial charge in [-0.1, -0.05) is 18.6 Å². The highest BCUT2D eigenvalue weighted by Crippen LogP contribution is 2.39. The lowest BCUT2D eigenvalue weighted by molar-refractivity contribution is -0.146. The number of fused-ring (bicyclic) bond motifs is 1. The van der Waals surface area contributed by atoms with E-state index < -0.39 is 23.8 Å². The smallest absolute Gasteiger partial charge is 0.341 e. The maximum atomic E-state index is 12.9. The van der Waals surface area contributed by atoms with Gasteiger partial charge < -0.3 is 15.2 Å². The summed E-state index contributed by atoms with van der Waals surface area (Å²) >= 11 is 1.43. The Balaban J connectivity index is 1.90. The average Bonchev–Trinajstić information content (AvgIpc) is 2.81. The second-order valence-electron chi connectivity index (χ2n) is 7.71. The number of thiophene rings is 1. The van der Waals surface area contributed by atoms with Crippen molar-refractivity contribution in [3.63, 3.8) is 0 Å². The second-order valence-corrected chi connectivity index (χ2v) is 8.81. The number of hydrogen-bond acceptors (Lipinski definition) is 5. The maximum Gasteiger partial charge on any atom is 0.341 e. The van der Waals surface area contributed by atoms with E-state index in [9.17, 15) is 19.5 Å². The molecule has 2 atom stereocenters. The van der Waals surface area contributed by atoms with Crippen molar-refractivity contribution >= 4 is 34.2 Å². The lowest BCUT2D eigenvalue weighted by atomic mass is 9.82. The Morgan fingerprint density at radius 3 is 2.46 bits per heavy atom. The molecule has 6 nitrogen and oxygen atoms in total. The van der Waals surface area contributed by atoms with Gasteiger partial charge in [0.15, 0.2) is 0 Å². The highest BCUT2D eigenvalue weighted by atomic mass is 32.1. The molecular weight excluding hydrogens is 378 g/mol. The number of carbonyl (C=O) groups is 3. The Morgan fingerprint density at radius 1 is 1.11 bits per heavy atom. The van der Waals surface area contributed by atoms with Crippen molar-refractivity contribution in [2.24, 2.45) is 11.8 Å². The third-order valence-electron chi connectivity index (χ3n) is 5.29. The average molecular weight is 406 g/mol. The molecule has 3 rings (SSSR count). The summed E-state index contributed by atoms with van der Waals surface area (Å²) in [7, 11) is 0. The van der Waals surface area contributed by atoms with Crippen molar-refractivity contribution < 1.29 is 24.2 Å². The summed E-state index contributed by atoms with van der Waals surface area (Å²) in [6.45, 7) is 3.60. The number of carboxylic acid groups (broad SMARTS) is 1. The third-order valence-corrected chi connectivity index (χ3v) is 6.50. The summed E-state index contributed by atoms with van der Waals surface area (Å²) in [6, 6.07) is 0.